The Hall–Kier alpha value is -2.31. The first-order valence-electron chi connectivity index (χ1n) is 10.1. The van der Waals surface area contributed by atoms with E-state index in [2.05, 4.69) is 37.8 Å². The fourth-order valence-electron chi connectivity index (χ4n) is 4.72. The molecule has 0 saturated heterocycles. The molecule has 0 amide bonds. The molecule has 7 heteroatoms. The van der Waals surface area contributed by atoms with E-state index in [-0.39, 0.29) is 5.82 Å². The Kier molecular flexibility index (Phi) is 4.84. The SMILES string of the molecule is CN1Cc2cc(Cl)ccc2-n2c(nnc2C2CCC(c3ccc(F)cn3)CC2)C1. The Balaban J connectivity index is 1.43. The van der Waals surface area contributed by atoms with E-state index in [1.54, 1.807) is 0 Å². The third kappa shape index (κ3) is 3.55. The van der Waals surface area contributed by atoms with E-state index in [0.717, 1.165) is 66.8 Å². The molecule has 1 fully saturated rings. The summed E-state index contributed by atoms with van der Waals surface area (Å²) in [5, 5.41) is 9.90. The van der Waals surface area contributed by atoms with Crippen LogP contribution in [-0.2, 0) is 13.1 Å². The van der Waals surface area contributed by atoms with Crippen LogP contribution in [0.3, 0.4) is 0 Å². The van der Waals surface area contributed by atoms with Crippen LogP contribution in [0.1, 0.15) is 60.4 Å². The molecule has 0 N–H and O–H groups in total. The number of halogens is 2. The summed E-state index contributed by atoms with van der Waals surface area (Å²) in [6.07, 6.45) is 5.43. The lowest BCUT2D eigenvalue weighted by molar-refractivity contribution is 0.315. The molecular weight excluding hydrogens is 389 g/mol. The predicted molar refractivity (Wildman–Crippen MR) is 110 cm³/mol. The number of aromatic nitrogens is 4. The number of pyridine rings is 1. The van der Waals surface area contributed by atoms with E-state index >= 15 is 0 Å². The molecule has 0 atom stereocenters. The second-order valence-corrected chi connectivity index (χ2v) is 8.64. The lowest BCUT2D eigenvalue weighted by Crippen LogP contribution is -2.17. The monoisotopic (exact) mass is 411 g/mol. The van der Waals surface area contributed by atoms with Crippen LogP contribution in [0.5, 0.6) is 0 Å². The lowest BCUT2D eigenvalue weighted by Gasteiger charge is -2.28. The molecule has 0 bridgehead atoms. The molecule has 2 aromatic heterocycles. The van der Waals surface area contributed by atoms with Crippen LogP contribution in [0.2, 0.25) is 5.02 Å². The number of rotatable bonds is 2. The van der Waals surface area contributed by atoms with Gasteiger partial charge in [0.15, 0.2) is 5.82 Å². The number of nitrogens with zero attached hydrogens (tertiary/aromatic N) is 5. The van der Waals surface area contributed by atoms with Gasteiger partial charge < -0.3 is 0 Å². The van der Waals surface area contributed by atoms with E-state index in [9.17, 15) is 4.39 Å². The van der Waals surface area contributed by atoms with Crippen LogP contribution in [0.25, 0.3) is 5.69 Å². The predicted octanol–water partition coefficient (Wildman–Crippen LogP) is 4.84. The first-order chi connectivity index (χ1) is 14.1. The number of fused-ring (bicyclic) bond motifs is 3. The van der Waals surface area contributed by atoms with E-state index in [0.29, 0.717) is 11.8 Å². The van der Waals surface area contributed by atoms with Crippen molar-refractivity contribution in [1.82, 2.24) is 24.6 Å². The fourth-order valence-corrected chi connectivity index (χ4v) is 4.92. The van der Waals surface area contributed by atoms with Gasteiger partial charge in [-0.05, 0) is 68.6 Å². The van der Waals surface area contributed by atoms with Crippen LogP contribution >= 0.6 is 11.6 Å². The third-order valence-electron chi connectivity index (χ3n) is 6.15. The second-order valence-electron chi connectivity index (χ2n) is 8.20. The number of benzene rings is 1. The van der Waals surface area contributed by atoms with E-state index in [1.165, 1.54) is 17.8 Å². The smallest absolute Gasteiger partial charge is 0.151 e. The van der Waals surface area contributed by atoms with E-state index in [1.807, 2.05) is 18.2 Å². The standard InChI is InChI=1S/C22H23ClFN5/c1-28-12-16-10-17(23)6-9-20(16)29-21(13-28)26-27-22(29)15-4-2-14(3-5-15)19-8-7-18(24)11-25-19/h6-11,14-15H,2-5,12-13H2,1H3. The maximum absolute atomic E-state index is 13.2. The summed E-state index contributed by atoms with van der Waals surface area (Å²) in [4.78, 5) is 6.53. The topological polar surface area (TPSA) is 46.8 Å². The zero-order valence-electron chi connectivity index (χ0n) is 16.4. The average Bonchev–Trinajstić information content (AvgIpc) is 3.06. The zero-order chi connectivity index (χ0) is 20.0. The first-order valence-corrected chi connectivity index (χ1v) is 10.5. The molecule has 0 unspecified atom stereocenters. The minimum absolute atomic E-state index is 0.280. The fraction of sp³-hybridized carbons (Fsp3) is 0.409. The van der Waals surface area contributed by atoms with Crippen molar-refractivity contribution < 1.29 is 4.39 Å². The molecule has 150 valence electrons. The molecule has 1 saturated carbocycles. The van der Waals surface area contributed by atoms with Gasteiger partial charge in [-0.25, -0.2) is 4.39 Å². The number of hydrogen-bond donors (Lipinski definition) is 0. The van der Waals surface area contributed by atoms with Gasteiger partial charge in [-0.1, -0.05) is 11.6 Å². The highest BCUT2D eigenvalue weighted by molar-refractivity contribution is 6.30. The zero-order valence-corrected chi connectivity index (χ0v) is 17.1. The van der Waals surface area contributed by atoms with Crippen LogP contribution in [0.4, 0.5) is 4.39 Å². The summed E-state index contributed by atoms with van der Waals surface area (Å²) in [6, 6.07) is 9.39. The van der Waals surface area contributed by atoms with Gasteiger partial charge in [-0.2, -0.15) is 0 Å². The molecule has 3 aromatic rings. The third-order valence-corrected chi connectivity index (χ3v) is 6.39. The largest absolute Gasteiger partial charge is 0.295 e. The van der Waals surface area contributed by atoms with Gasteiger partial charge in [0.1, 0.15) is 11.6 Å². The molecule has 2 aliphatic rings. The highest BCUT2D eigenvalue weighted by atomic mass is 35.5. The maximum Gasteiger partial charge on any atom is 0.151 e. The Morgan fingerprint density at radius 3 is 2.55 bits per heavy atom. The van der Waals surface area contributed by atoms with Crippen molar-refractivity contribution in [1.29, 1.82) is 0 Å². The minimum atomic E-state index is -0.280. The highest BCUT2D eigenvalue weighted by Crippen LogP contribution is 2.41. The normalized spacial score (nSPS) is 22.0. The minimum Gasteiger partial charge on any atom is -0.295 e. The van der Waals surface area contributed by atoms with Crippen molar-refractivity contribution >= 4 is 11.6 Å². The van der Waals surface area contributed by atoms with E-state index in [4.69, 9.17) is 11.6 Å². The van der Waals surface area contributed by atoms with Gasteiger partial charge in [0, 0.05) is 29.1 Å². The maximum atomic E-state index is 13.2. The van der Waals surface area contributed by atoms with Gasteiger partial charge in [0.05, 0.1) is 18.4 Å². The lowest BCUT2D eigenvalue weighted by atomic mass is 9.80. The van der Waals surface area contributed by atoms with Crippen molar-refractivity contribution in [3.63, 3.8) is 0 Å². The van der Waals surface area contributed by atoms with Crippen LogP contribution in [-0.4, -0.2) is 31.7 Å². The van der Waals surface area contributed by atoms with Gasteiger partial charge in [0.2, 0.25) is 0 Å². The van der Waals surface area contributed by atoms with Gasteiger partial charge in [0.25, 0.3) is 0 Å². The average molecular weight is 412 g/mol. The molecule has 0 spiro atoms. The van der Waals surface area contributed by atoms with Gasteiger partial charge in [-0.15, -0.1) is 10.2 Å². The second kappa shape index (κ2) is 7.50. The molecule has 3 heterocycles. The number of hydrogen-bond acceptors (Lipinski definition) is 4. The summed E-state index contributed by atoms with van der Waals surface area (Å²) in [6.45, 7) is 1.59. The van der Waals surface area contributed by atoms with Crippen LogP contribution in [0, 0.1) is 5.82 Å². The van der Waals surface area contributed by atoms with Crippen molar-refractivity contribution in [3.05, 3.63) is 70.3 Å². The van der Waals surface area contributed by atoms with Crippen molar-refractivity contribution in [3.8, 4) is 5.69 Å². The Labute approximate surface area is 174 Å². The molecule has 5 nitrogen and oxygen atoms in total. The van der Waals surface area contributed by atoms with Gasteiger partial charge in [-0.3, -0.25) is 14.5 Å². The van der Waals surface area contributed by atoms with Crippen molar-refractivity contribution in [2.45, 2.75) is 50.6 Å². The summed E-state index contributed by atoms with van der Waals surface area (Å²) in [5.41, 5.74) is 3.33. The van der Waals surface area contributed by atoms with Crippen molar-refractivity contribution in [2.24, 2.45) is 0 Å². The Morgan fingerprint density at radius 2 is 1.79 bits per heavy atom. The van der Waals surface area contributed by atoms with Gasteiger partial charge >= 0.3 is 0 Å². The molecule has 0 radical (unpaired) electrons. The summed E-state index contributed by atoms with van der Waals surface area (Å²) in [7, 11) is 2.09. The summed E-state index contributed by atoms with van der Waals surface area (Å²) < 4.78 is 15.4. The summed E-state index contributed by atoms with van der Waals surface area (Å²) in [5.74, 6) is 2.49. The van der Waals surface area contributed by atoms with Crippen LogP contribution in [0.15, 0.2) is 36.5 Å². The Bertz CT molecular complexity index is 1020. The summed E-state index contributed by atoms with van der Waals surface area (Å²) >= 11 is 6.26. The Morgan fingerprint density at radius 1 is 1.00 bits per heavy atom. The van der Waals surface area contributed by atoms with Crippen LogP contribution < -0.4 is 0 Å². The molecular formula is C22H23ClFN5. The highest BCUT2D eigenvalue weighted by Gasteiger charge is 2.30. The molecule has 29 heavy (non-hydrogen) atoms. The van der Waals surface area contributed by atoms with E-state index < -0.39 is 0 Å². The molecule has 1 aliphatic carbocycles. The quantitative estimate of drug-likeness (QED) is 0.605. The molecule has 1 aliphatic heterocycles. The molecule has 1 aromatic carbocycles. The molecule has 5 rings (SSSR count). The first kappa shape index (κ1) is 18.7. The van der Waals surface area contributed by atoms with Crippen molar-refractivity contribution in [2.75, 3.05) is 7.05 Å².